The van der Waals surface area contributed by atoms with E-state index in [1.807, 2.05) is 13.8 Å². The first kappa shape index (κ1) is 8.06. The van der Waals surface area contributed by atoms with Gasteiger partial charge in [0.25, 0.3) is 0 Å². The van der Waals surface area contributed by atoms with E-state index in [9.17, 15) is 0 Å². The van der Waals surface area contributed by atoms with Crippen LogP contribution in [0.3, 0.4) is 0 Å². The second kappa shape index (κ2) is 3.99. The summed E-state index contributed by atoms with van der Waals surface area (Å²) in [5.41, 5.74) is 5.02. The van der Waals surface area contributed by atoms with Crippen molar-refractivity contribution < 1.29 is 0 Å². The molecule has 2 heteroatoms. The molecule has 0 fully saturated rings. The van der Waals surface area contributed by atoms with Gasteiger partial charge in [0.05, 0.1) is 0 Å². The van der Waals surface area contributed by atoms with Crippen LogP contribution in [0.15, 0.2) is 22.2 Å². The number of allylic oxidation sites excluding steroid dienone is 2. The zero-order valence-electron chi connectivity index (χ0n) is 4.91. The monoisotopic (exact) mass is 150 g/mol. The van der Waals surface area contributed by atoms with Gasteiger partial charge in [-0.1, -0.05) is 23.2 Å². The van der Waals surface area contributed by atoms with Crippen molar-refractivity contribution in [3.8, 4) is 0 Å². The Hall–Kier alpha value is 0.0600. The molecule has 0 saturated carbocycles. The highest BCUT2D eigenvalue weighted by atomic mass is 35.5. The summed E-state index contributed by atoms with van der Waals surface area (Å²) < 4.78 is 0. The van der Waals surface area contributed by atoms with Crippen LogP contribution < -0.4 is 0 Å². The Morgan fingerprint density at radius 3 is 1.38 bits per heavy atom. The van der Waals surface area contributed by atoms with Crippen molar-refractivity contribution in [2.45, 2.75) is 13.8 Å². The number of hydrogen-bond acceptors (Lipinski definition) is 0. The summed E-state index contributed by atoms with van der Waals surface area (Å²) in [6.07, 6.45) is 0. The summed E-state index contributed by atoms with van der Waals surface area (Å²) in [5.74, 6) is 0. The Labute approximate surface area is 59.8 Å². The minimum absolute atomic E-state index is 1.00. The third-order valence-corrected chi connectivity index (χ3v) is 1.60. The fourth-order valence-corrected chi connectivity index (χ4v) is 0.516. The second-order valence-electron chi connectivity index (χ2n) is 1.58. The molecule has 0 aromatic carbocycles. The van der Waals surface area contributed by atoms with Gasteiger partial charge in [-0.15, -0.1) is 0 Å². The third-order valence-electron chi connectivity index (χ3n) is 0.949. The fraction of sp³-hybridized carbons (Fsp3) is 0.333. The molecule has 0 atom stereocenters. The van der Waals surface area contributed by atoms with Gasteiger partial charge in [0.2, 0.25) is 0 Å². The van der Waals surface area contributed by atoms with Gasteiger partial charge < -0.3 is 0 Å². The smallest absolute Gasteiger partial charge is 0.00746 e. The van der Waals surface area contributed by atoms with Crippen molar-refractivity contribution in [1.29, 1.82) is 0 Å². The van der Waals surface area contributed by atoms with Gasteiger partial charge >= 0.3 is 0 Å². The molecule has 0 bridgehead atoms. The molecular formula is C6H8Cl2. The van der Waals surface area contributed by atoms with Crippen LogP contribution in [0.1, 0.15) is 13.8 Å². The van der Waals surface area contributed by atoms with Crippen LogP contribution in [0.5, 0.6) is 0 Å². The molecule has 0 amide bonds. The molecule has 0 unspecified atom stereocenters. The molecule has 0 saturated heterocycles. The molecule has 0 radical (unpaired) electrons. The van der Waals surface area contributed by atoms with E-state index in [4.69, 9.17) is 23.2 Å². The molecule has 0 aliphatic carbocycles. The van der Waals surface area contributed by atoms with Crippen LogP contribution in [-0.2, 0) is 0 Å². The lowest BCUT2D eigenvalue weighted by Crippen LogP contribution is -1.72. The number of rotatable bonds is 1. The van der Waals surface area contributed by atoms with E-state index in [1.165, 1.54) is 11.1 Å². The molecule has 0 aromatic heterocycles. The first-order chi connectivity index (χ1) is 3.72. The molecular weight excluding hydrogens is 143 g/mol. The van der Waals surface area contributed by atoms with Gasteiger partial charge in [-0.05, 0) is 25.0 Å². The molecule has 46 valence electrons. The van der Waals surface area contributed by atoms with E-state index in [0.29, 0.717) is 0 Å². The summed E-state index contributed by atoms with van der Waals surface area (Å²) in [4.78, 5) is 0. The molecule has 0 aromatic rings. The first-order valence-corrected chi connectivity index (χ1v) is 3.14. The van der Waals surface area contributed by atoms with Crippen molar-refractivity contribution in [2.75, 3.05) is 0 Å². The van der Waals surface area contributed by atoms with Crippen LogP contribution in [0, 0.1) is 0 Å². The highest BCUT2D eigenvalue weighted by Gasteiger charge is 1.87. The van der Waals surface area contributed by atoms with E-state index >= 15 is 0 Å². The molecule has 8 heavy (non-hydrogen) atoms. The maximum Gasteiger partial charge on any atom is 0.00746 e. The normalized spacial score (nSPS) is 14.5. The average Bonchev–Trinajstić information content (AvgIpc) is 1.84. The first-order valence-electron chi connectivity index (χ1n) is 2.26. The molecule has 0 nitrogen and oxygen atoms in total. The molecule has 0 rings (SSSR count). The SMILES string of the molecule is CC(=C\Cl)/C(C)=C/Cl. The van der Waals surface area contributed by atoms with Crippen LogP contribution in [0.4, 0.5) is 0 Å². The standard InChI is InChI=1S/C6H8Cl2/c1-5(3-7)6(2)4-8/h3-4H,1-2H3/b5-3+,6-4+. The van der Waals surface area contributed by atoms with Crippen molar-refractivity contribution in [2.24, 2.45) is 0 Å². The van der Waals surface area contributed by atoms with Gasteiger partial charge in [0.15, 0.2) is 0 Å². The van der Waals surface area contributed by atoms with Crippen molar-refractivity contribution in [3.05, 3.63) is 22.2 Å². The zero-order valence-corrected chi connectivity index (χ0v) is 6.42. The van der Waals surface area contributed by atoms with Crippen LogP contribution >= 0.6 is 23.2 Å². The Morgan fingerprint density at radius 2 is 1.25 bits per heavy atom. The van der Waals surface area contributed by atoms with E-state index in [-0.39, 0.29) is 0 Å². The molecule has 0 spiro atoms. The lowest BCUT2D eigenvalue weighted by molar-refractivity contribution is 1.37. The summed E-state index contributed by atoms with van der Waals surface area (Å²) in [6, 6.07) is 0. The van der Waals surface area contributed by atoms with Crippen molar-refractivity contribution in [3.63, 3.8) is 0 Å². The Bertz CT molecular complexity index is 106. The second-order valence-corrected chi connectivity index (χ2v) is 2.02. The van der Waals surface area contributed by atoms with Gasteiger partial charge in [-0.2, -0.15) is 0 Å². The molecule has 0 heterocycles. The van der Waals surface area contributed by atoms with E-state index in [0.717, 1.165) is 11.1 Å². The molecule has 0 aliphatic heterocycles. The summed E-state index contributed by atoms with van der Waals surface area (Å²) >= 11 is 10.7. The fourth-order valence-electron chi connectivity index (χ4n) is 0.172. The molecule has 0 aliphatic rings. The number of hydrogen-bond donors (Lipinski definition) is 0. The van der Waals surface area contributed by atoms with Gasteiger partial charge in [-0.25, -0.2) is 0 Å². The van der Waals surface area contributed by atoms with E-state index in [1.54, 1.807) is 0 Å². The van der Waals surface area contributed by atoms with Gasteiger partial charge in [0, 0.05) is 11.1 Å². The summed E-state index contributed by atoms with van der Waals surface area (Å²) in [7, 11) is 0. The highest BCUT2D eigenvalue weighted by molar-refractivity contribution is 6.27. The Balaban J connectivity index is 4.04. The number of halogens is 2. The topological polar surface area (TPSA) is 0 Å². The van der Waals surface area contributed by atoms with Crippen LogP contribution in [0.2, 0.25) is 0 Å². The van der Waals surface area contributed by atoms with Gasteiger partial charge in [-0.3, -0.25) is 0 Å². The van der Waals surface area contributed by atoms with Crippen LogP contribution in [-0.4, -0.2) is 0 Å². The minimum Gasteiger partial charge on any atom is -0.0927 e. The zero-order chi connectivity index (χ0) is 6.57. The van der Waals surface area contributed by atoms with Gasteiger partial charge in [0.1, 0.15) is 0 Å². The molecule has 0 N–H and O–H groups in total. The Kier molecular flexibility index (Phi) is 4.02. The van der Waals surface area contributed by atoms with Crippen molar-refractivity contribution in [1.82, 2.24) is 0 Å². The Morgan fingerprint density at radius 1 is 1.00 bits per heavy atom. The van der Waals surface area contributed by atoms with E-state index < -0.39 is 0 Å². The predicted molar refractivity (Wildman–Crippen MR) is 39.2 cm³/mol. The summed E-state index contributed by atoms with van der Waals surface area (Å²) in [6.45, 7) is 3.81. The average molecular weight is 151 g/mol. The largest absolute Gasteiger partial charge is 0.0927 e. The van der Waals surface area contributed by atoms with Crippen LogP contribution in [0.25, 0.3) is 0 Å². The lowest BCUT2D eigenvalue weighted by Gasteiger charge is -1.92. The predicted octanol–water partition coefficient (Wildman–Crippen LogP) is 3.27. The third kappa shape index (κ3) is 2.39. The van der Waals surface area contributed by atoms with Crippen molar-refractivity contribution >= 4 is 23.2 Å². The highest BCUT2D eigenvalue weighted by Crippen LogP contribution is 2.09. The quantitative estimate of drug-likeness (QED) is 0.504. The summed E-state index contributed by atoms with van der Waals surface area (Å²) in [5, 5.41) is 0. The lowest BCUT2D eigenvalue weighted by atomic mass is 10.2. The maximum absolute atomic E-state index is 5.36. The maximum atomic E-state index is 5.36. The van der Waals surface area contributed by atoms with E-state index in [2.05, 4.69) is 0 Å². The minimum atomic E-state index is 1.00.